The van der Waals surface area contributed by atoms with Gasteiger partial charge in [0.05, 0.1) is 35.1 Å². The molecule has 0 aliphatic carbocycles. The quantitative estimate of drug-likeness (QED) is 0.205. The van der Waals surface area contributed by atoms with Crippen LogP contribution in [0, 0.1) is 0 Å². The van der Waals surface area contributed by atoms with Crippen LogP contribution in [-0.2, 0) is 16.0 Å². The van der Waals surface area contributed by atoms with Gasteiger partial charge in [-0.15, -0.1) is 6.58 Å². The number of thiazole rings is 1. The highest BCUT2D eigenvalue weighted by Crippen LogP contribution is 2.36. The Labute approximate surface area is 252 Å². The van der Waals surface area contributed by atoms with Gasteiger partial charge in [-0.25, -0.2) is 9.79 Å². The van der Waals surface area contributed by atoms with Crippen molar-refractivity contribution in [2.45, 2.75) is 26.3 Å². The lowest BCUT2D eigenvalue weighted by Crippen LogP contribution is -2.40. The van der Waals surface area contributed by atoms with Gasteiger partial charge in [-0.1, -0.05) is 71.5 Å². The molecule has 4 aromatic rings. The summed E-state index contributed by atoms with van der Waals surface area (Å²) < 4.78 is 13.1. The molecule has 7 nitrogen and oxygen atoms in total. The van der Waals surface area contributed by atoms with Gasteiger partial charge in [-0.2, -0.15) is 0 Å². The number of aromatic hydroxyl groups is 1. The number of allylic oxidation sites excluding steroid dienone is 1. The monoisotopic (exact) mass is 600 g/mol. The summed E-state index contributed by atoms with van der Waals surface area (Å²) in [5, 5.41) is 11.2. The zero-order valence-electron chi connectivity index (χ0n) is 23.2. The van der Waals surface area contributed by atoms with E-state index >= 15 is 0 Å². The van der Waals surface area contributed by atoms with Gasteiger partial charge in [0.15, 0.2) is 16.3 Å². The van der Waals surface area contributed by atoms with Crippen LogP contribution in [-0.4, -0.2) is 28.9 Å². The van der Waals surface area contributed by atoms with Crippen molar-refractivity contribution in [1.29, 1.82) is 0 Å². The number of hydrogen-bond donors (Lipinski definition) is 1. The number of phenols is 1. The number of halogens is 1. The number of aromatic nitrogens is 1. The van der Waals surface area contributed by atoms with E-state index in [2.05, 4.69) is 6.58 Å². The molecule has 0 saturated carbocycles. The van der Waals surface area contributed by atoms with E-state index in [1.54, 1.807) is 55.5 Å². The molecule has 1 aliphatic rings. The van der Waals surface area contributed by atoms with E-state index in [0.717, 1.165) is 5.56 Å². The lowest BCUT2D eigenvalue weighted by atomic mass is 9.93. The molecule has 3 aromatic carbocycles. The lowest BCUT2D eigenvalue weighted by molar-refractivity contribution is -0.138. The fraction of sp³-hybridized carbons (Fsp3) is 0.182. The summed E-state index contributed by atoms with van der Waals surface area (Å²) in [6.45, 7) is 7.88. The highest BCUT2D eigenvalue weighted by molar-refractivity contribution is 7.07. The average Bonchev–Trinajstić information content (AvgIpc) is 3.30. The molecule has 1 atom stereocenters. The molecule has 1 aromatic heterocycles. The van der Waals surface area contributed by atoms with Gasteiger partial charge in [-0.05, 0) is 61.7 Å². The zero-order chi connectivity index (χ0) is 29.8. The molecule has 214 valence electrons. The normalized spacial score (nSPS) is 14.7. The predicted octanol–water partition coefficient (Wildman–Crippen LogP) is 5.42. The van der Waals surface area contributed by atoms with Crippen LogP contribution < -0.4 is 19.6 Å². The van der Waals surface area contributed by atoms with Crippen LogP contribution >= 0.6 is 22.9 Å². The van der Waals surface area contributed by atoms with Crippen LogP contribution in [0.5, 0.6) is 11.5 Å². The third kappa shape index (κ3) is 5.68. The maximum atomic E-state index is 14.1. The number of phenolic OH excluding ortho intramolecular Hbond substituents is 1. The lowest BCUT2D eigenvalue weighted by Gasteiger charge is -2.25. The van der Waals surface area contributed by atoms with Gasteiger partial charge in [0, 0.05) is 16.1 Å². The second kappa shape index (κ2) is 12.6. The van der Waals surface area contributed by atoms with E-state index in [4.69, 9.17) is 26.1 Å². The van der Waals surface area contributed by atoms with Gasteiger partial charge < -0.3 is 14.6 Å². The predicted molar refractivity (Wildman–Crippen MR) is 166 cm³/mol. The minimum absolute atomic E-state index is 0.0460. The molecule has 0 bridgehead atoms. The second-order valence-corrected chi connectivity index (χ2v) is 10.9. The van der Waals surface area contributed by atoms with E-state index in [0.29, 0.717) is 55.5 Å². The van der Waals surface area contributed by atoms with Crippen LogP contribution in [0.2, 0.25) is 5.02 Å². The Bertz CT molecular complexity index is 1860. The van der Waals surface area contributed by atoms with Gasteiger partial charge in [0.25, 0.3) is 5.56 Å². The van der Waals surface area contributed by atoms with Crippen LogP contribution in [0.4, 0.5) is 0 Å². The molecule has 0 unspecified atom stereocenters. The Balaban J connectivity index is 1.80. The zero-order valence-corrected chi connectivity index (χ0v) is 24.7. The summed E-state index contributed by atoms with van der Waals surface area (Å²) in [5.74, 6) is -0.182. The summed E-state index contributed by atoms with van der Waals surface area (Å²) in [4.78, 5) is 33.0. The number of benzene rings is 3. The first kappa shape index (κ1) is 29.1. The van der Waals surface area contributed by atoms with E-state index in [-0.39, 0.29) is 23.5 Å². The number of hydrogen-bond acceptors (Lipinski definition) is 7. The fourth-order valence-corrected chi connectivity index (χ4v) is 6.03. The van der Waals surface area contributed by atoms with E-state index in [1.807, 2.05) is 37.3 Å². The Morgan fingerprint density at radius 2 is 1.86 bits per heavy atom. The third-order valence-electron chi connectivity index (χ3n) is 6.70. The molecule has 42 heavy (non-hydrogen) atoms. The molecule has 9 heteroatoms. The second-order valence-electron chi connectivity index (χ2n) is 9.44. The average molecular weight is 601 g/mol. The topological polar surface area (TPSA) is 90.1 Å². The largest absolute Gasteiger partial charge is 0.504 e. The standard InChI is InChI=1S/C33H29ClN2O5S/c1-4-10-23-17-20(18-25(30(23)37)40-5-2)19-26-31(38)36-29(22-13-15-24(34)16-14-22)27(32(39)41-6-3)28(35-33(36)42-26)21-11-8-7-9-12-21/h4,7-9,11-19,29,37H,1,5-6,10H2,2-3H3/b26-19+/t29-/m1/s1. The SMILES string of the molecule is C=CCc1cc(/C=c2/sc3n(c2=O)[C@H](c2ccc(Cl)cc2)C(C(=O)OCC)=C(c2ccccc2)N=3)cc(OCC)c1O. The molecule has 0 radical (unpaired) electrons. The molecule has 0 saturated heterocycles. The fourth-order valence-electron chi connectivity index (χ4n) is 4.90. The molecule has 0 fully saturated rings. The third-order valence-corrected chi connectivity index (χ3v) is 7.93. The smallest absolute Gasteiger partial charge is 0.338 e. The number of rotatable bonds is 9. The highest BCUT2D eigenvalue weighted by atomic mass is 35.5. The first-order chi connectivity index (χ1) is 20.4. The minimum Gasteiger partial charge on any atom is -0.504 e. The summed E-state index contributed by atoms with van der Waals surface area (Å²) in [7, 11) is 0. The van der Waals surface area contributed by atoms with Gasteiger partial charge in [0.2, 0.25) is 0 Å². The molecule has 1 N–H and O–H groups in total. The number of nitrogens with zero attached hydrogens (tertiary/aromatic N) is 2. The summed E-state index contributed by atoms with van der Waals surface area (Å²) >= 11 is 7.42. The Morgan fingerprint density at radius 1 is 1.12 bits per heavy atom. The van der Waals surface area contributed by atoms with E-state index < -0.39 is 12.0 Å². The van der Waals surface area contributed by atoms with Crippen molar-refractivity contribution in [3.63, 3.8) is 0 Å². The van der Waals surface area contributed by atoms with Crippen molar-refractivity contribution >= 4 is 40.7 Å². The van der Waals surface area contributed by atoms with Crippen LogP contribution in [0.1, 0.15) is 42.1 Å². The summed E-state index contributed by atoms with van der Waals surface area (Å²) in [6.07, 6.45) is 3.86. The van der Waals surface area contributed by atoms with Crippen molar-refractivity contribution in [1.82, 2.24) is 4.57 Å². The van der Waals surface area contributed by atoms with Crippen molar-refractivity contribution in [2.24, 2.45) is 4.99 Å². The van der Waals surface area contributed by atoms with E-state index in [9.17, 15) is 14.7 Å². The van der Waals surface area contributed by atoms with Crippen LogP contribution in [0.15, 0.2) is 94.7 Å². The molecular formula is C33H29ClN2O5S. The molecule has 0 amide bonds. The number of carbonyl (C=O) groups excluding carboxylic acids is 1. The maximum absolute atomic E-state index is 14.1. The van der Waals surface area contributed by atoms with Crippen molar-refractivity contribution in [3.8, 4) is 11.5 Å². The summed E-state index contributed by atoms with van der Waals surface area (Å²) in [5.41, 5.74) is 3.11. The maximum Gasteiger partial charge on any atom is 0.338 e. The Morgan fingerprint density at radius 3 is 2.52 bits per heavy atom. The van der Waals surface area contributed by atoms with Crippen molar-refractivity contribution in [3.05, 3.63) is 132 Å². The molecule has 0 spiro atoms. The van der Waals surface area contributed by atoms with Crippen molar-refractivity contribution in [2.75, 3.05) is 13.2 Å². The number of esters is 1. The number of fused-ring (bicyclic) bond motifs is 1. The molecule has 1 aliphatic heterocycles. The minimum atomic E-state index is -0.801. The molecule has 2 heterocycles. The Hall–Kier alpha value is -4.40. The van der Waals surface area contributed by atoms with Gasteiger partial charge in [-0.3, -0.25) is 9.36 Å². The Kier molecular flexibility index (Phi) is 8.75. The van der Waals surface area contributed by atoms with Gasteiger partial charge in [0.1, 0.15) is 0 Å². The number of ether oxygens (including phenoxy) is 2. The van der Waals surface area contributed by atoms with Crippen LogP contribution in [0.3, 0.4) is 0 Å². The first-order valence-corrected chi connectivity index (χ1v) is 14.7. The van der Waals surface area contributed by atoms with Crippen molar-refractivity contribution < 1.29 is 19.4 Å². The van der Waals surface area contributed by atoms with E-state index in [1.165, 1.54) is 15.9 Å². The first-order valence-electron chi connectivity index (χ1n) is 13.5. The molecule has 5 rings (SSSR count). The summed E-state index contributed by atoms with van der Waals surface area (Å²) in [6, 6.07) is 19.1. The number of carbonyl (C=O) groups is 1. The highest BCUT2D eigenvalue weighted by Gasteiger charge is 2.35. The van der Waals surface area contributed by atoms with Crippen LogP contribution in [0.25, 0.3) is 11.8 Å². The molecular weight excluding hydrogens is 572 g/mol. The van der Waals surface area contributed by atoms with Gasteiger partial charge >= 0.3 is 5.97 Å².